The summed E-state index contributed by atoms with van der Waals surface area (Å²) in [6.07, 6.45) is 3.84. The van der Waals surface area contributed by atoms with Crippen LogP contribution >= 0.6 is 0 Å². The number of ether oxygens (including phenoxy) is 1. The second-order valence-corrected chi connectivity index (χ2v) is 6.79. The van der Waals surface area contributed by atoms with Gasteiger partial charge >= 0.3 is 0 Å². The van der Waals surface area contributed by atoms with Crippen LogP contribution in [-0.2, 0) is 14.9 Å². The standard InChI is InChI=1S/C18H25FN2O2/c1-13(17(22)21-16-5-6-16)20-12-18(7-9-23-10-8-18)14-3-2-4-15(19)11-14/h2-4,11,13,16,20H,5-10,12H2,1H3,(H,21,22)/t13-/m0/s1. The van der Waals surface area contributed by atoms with Crippen molar-refractivity contribution >= 4 is 5.91 Å². The minimum atomic E-state index is -0.246. The molecule has 1 saturated carbocycles. The molecule has 1 atom stereocenters. The Morgan fingerprint density at radius 2 is 2.13 bits per heavy atom. The van der Waals surface area contributed by atoms with Crippen molar-refractivity contribution < 1.29 is 13.9 Å². The fourth-order valence-corrected chi connectivity index (χ4v) is 3.14. The van der Waals surface area contributed by atoms with Crippen LogP contribution in [0.2, 0.25) is 0 Å². The average molecular weight is 320 g/mol. The van der Waals surface area contributed by atoms with E-state index in [2.05, 4.69) is 10.6 Å². The molecule has 4 nitrogen and oxygen atoms in total. The molecule has 1 aromatic rings. The van der Waals surface area contributed by atoms with Crippen LogP contribution in [0.15, 0.2) is 24.3 Å². The third-order valence-electron chi connectivity index (χ3n) is 4.95. The van der Waals surface area contributed by atoms with E-state index in [0.29, 0.717) is 25.8 Å². The zero-order valence-corrected chi connectivity index (χ0v) is 13.6. The van der Waals surface area contributed by atoms with E-state index in [1.807, 2.05) is 13.0 Å². The summed E-state index contributed by atoms with van der Waals surface area (Å²) in [5.41, 5.74) is 0.817. The molecule has 3 rings (SSSR count). The van der Waals surface area contributed by atoms with Gasteiger partial charge in [-0.05, 0) is 50.3 Å². The number of nitrogens with one attached hydrogen (secondary N) is 2. The first-order valence-electron chi connectivity index (χ1n) is 8.47. The molecule has 1 saturated heterocycles. The monoisotopic (exact) mass is 320 g/mol. The Kier molecular flexibility index (Phi) is 4.97. The lowest BCUT2D eigenvalue weighted by molar-refractivity contribution is -0.123. The number of halogens is 1. The third kappa shape index (κ3) is 4.09. The predicted molar refractivity (Wildman–Crippen MR) is 86.8 cm³/mol. The Bertz CT molecular complexity index is 554. The average Bonchev–Trinajstić information content (AvgIpc) is 3.37. The molecule has 0 unspecified atom stereocenters. The van der Waals surface area contributed by atoms with E-state index in [1.165, 1.54) is 6.07 Å². The third-order valence-corrected chi connectivity index (χ3v) is 4.95. The Hall–Kier alpha value is -1.46. The van der Waals surface area contributed by atoms with Gasteiger partial charge in [0.15, 0.2) is 0 Å². The summed E-state index contributed by atoms with van der Waals surface area (Å²) < 4.78 is 19.1. The quantitative estimate of drug-likeness (QED) is 0.844. The minimum absolute atomic E-state index is 0.0500. The first-order valence-corrected chi connectivity index (χ1v) is 8.47. The Balaban J connectivity index is 1.67. The number of carbonyl (C=O) groups is 1. The number of hydrogen-bond donors (Lipinski definition) is 2. The largest absolute Gasteiger partial charge is 0.381 e. The van der Waals surface area contributed by atoms with Crippen LogP contribution in [0.25, 0.3) is 0 Å². The molecule has 1 amide bonds. The molecule has 1 aliphatic heterocycles. The number of benzene rings is 1. The minimum Gasteiger partial charge on any atom is -0.381 e. The first-order chi connectivity index (χ1) is 11.1. The molecule has 0 bridgehead atoms. The molecule has 5 heteroatoms. The van der Waals surface area contributed by atoms with Gasteiger partial charge < -0.3 is 15.4 Å². The van der Waals surface area contributed by atoms with Crippen LogP contribution in [-0.4, -0.2) is 37.7 Å². The van der Waals surface area contributed by atoms with Crippen LogP contribution in [0.5, 0.6) is 0 Å². The van der Waals surface area contributed by atoms with E-state index in [-0.39, 0.29) is 23.2 Å². The van der Waals surface area contributed by atoms with Gasteiger partial charge in [-0.1, -0.05) is 12.1 Å². The highest BCUT2D eigenvalue weighted by atomic mass is 19.1. The Morgan fingerprint density at radius 3 is 2.78 bits per heavy atom. The second kappa shape index (κ2) is 6.97. The van der Waals surface area contributed by atoms with E-state index in [4.69, 9.17) is 4.74 Å². The van der Waals surface area contributed by atoms with Gasteiger partial charge in [-0.2, -0.15) is 0 Å². The molecule has 126 valence electrons. The normalized spacial score (nSPS) is 21.7. The Morgan fingerprint density at radius 1 is 1.39 bits per heavy atom. The molecule has 1 heterocycles. The molecule has 2 fully saturated rings. The lowest BCUT2D eigenvalue weighted by Gasteiger charge is -2.38. The number of hydrogen-bond acceptors (Lipinski definition) is 3. The fourth-order valence-electron chi connectivity index (χ4n) is 3.14. The summed E-state index contributed by atoms with van der Waals surface area (Å²) >= 11 is 0. The summed E-state index contributed by atoms with van der Waals surface area (Å²) in [6, 6.07) is 6.93. The van der Waals surface area contributed by atoms with Gasteiger partial charge in [0.05, 0.1) is 6.04 Å². The van der Waals surface area contributed by atoms with Crippen molar-refractivity contribution in [2.24, 2.45) is 0 Å². The molecular weight excluding hydrogens is 295 g/mol. The molecule has 0 radical (unpaired) electrons. The maximum atomic E-state index is 13.7. The molecule has 1 aromatic carbocycles. The van der Waals surface area contributed by atoms with Gasteiger partial charge in [-0.25, -0.2) is 4.39 Å². The van der Waals surface area contributed by atoms with E-state index in [1.54, 1.807) is 12.1 Å². The van der Waals surface area contributed by atoms with Gasteiger partial charge in [0.1, 0.15) is 5.82 Å². The van der Waals surface area contributed by atoms with E-state index >= 15 is 0 Å². The predicted octanol–water partition coefficient (Wildman–Crippen LogP) is 2.13. The van der Waals surface area contributed by atoms with E-state index < -0.39 is 0 Å². The molecular formula is C18H25FN2O2. The lowest BCUT2D eigenvalue weighted by Crippen LogP contribution is -2.50. The lowest BCUT2D eigenvalue weighted by atomic mass is 9.74. The fraction of sp³-hybridized carbons (Fsp3) is 0.611. The topological polar surface area (TPSA) is 50.4 Å². The summed E-state index contributed by atoms with van der Waals surface area (Å²) in [6.45, 7) is 3.87. The zero-order chi connectivity index (χ0) is 16.3. The van der Waals surface area contributed by atoms with E-state index in [9.17, 15) is 9.18 Å². The van der Waals surface area contributed by atoms with E-state index in [0.717, 1.165) is 31.2 Å². The van der Waals surface area contributed by atoms with Crippen molar-refractivity contribution in [1.29, 1.82) is 0 Å². The molecule has 2 aliphatic rings. The molecule has 23 heavy (non-hydrogen) atoms. The van der Waals surface area contributed by atoms with Crippen molar-refractivity contribution in [3.63, 3.8) is 0 Å². The number of rotatable bonds is 6. The highest BCUT2D eigenvalue weighted by Crippen LogP contribution is 2.34. The van der Waals surface area contributed by atoms with Gasteiger partial charge in [0, 0.05) is 31.2 Å². The van der Waals surface area contributed by atoms with Crippen molar-refractivity contribution in [2.75, 3.05) is 19.8 Å². The smallest absolute Gasteiger partial charge is 0.237 e. The first kappa shape index (κ1) is 16.4. The maximum absolute atomic E-state index is 13.7. The molecule has 0 spiro atoms. The SMILES string of the molecule is C[C@H](NCC1(c2cccc(F)c2)CCOCC1)C(=O)NC1CC1. The van der Waals surface area contributed by atoms with Crippen molar-refractivity contribution in [3.05, 3.63) is 35.6 Å². The van der Waals surface area contributed by atoms with Crippen LogP contribution in [0.1, 0.15) is 38.2 Å². The summed E-state index contributed by atoms with van der Waals surface area (Å²) in [4.78, 5) is 12.1. The van der Waals surface area contributed by atoms with Gasteiger partial charge in [-0.15, -0.1) is 0 Å². The van der Waals surface area contributed by atoms with Gasteiger partial charge in [0.2, 0.25) is 5.91 Å². The Labute approximate surface area is 136 Å². The van der Waals surface area contributed by atoms with Gasteiger partial charge in [0.25, 0.3) is 0 Å². The number of amides is 1. The number of carbonyl (C=O) groups excluding carboxylic acids is 1. The maximum Gasteiger partial charge on any atom is 0.237 e. The van der Waals surface area contributed by atoms with Crippen LogP contribution < -0.4 is 10.6 Å². The van der Waals surface area contributed by atoms with Crippen LogP contribution in [0.4, 0.5) is 4.39 Å². The van der Waals surface area contributed by atoms with Gasteiger partial charge in [-0.3, -0.25) is 4.79 Å². The zero-order valence-electron chi connectivity index (χ0n) is 13.6. The highest BCUT2D eigenvalue weighted by Gasteiger charge is 2.35. The molecule has 1 aliphatic carbocycles. The van der Waals surface area contributed by atoms with Crippen LogP contribution in [0.3, 0.4) is 0 Å². The summed E-state index contributed by atoms with van der Waals surface area (Å²) in [5.74, 6) is -0.165. The van der Waals surface area contributed by atoms with Crippen LogP contribution in [0, 0.1) is 5.82 Å². The van der Waals surface area contributed by atoms with Crippen molar-refractivity contribution in [3.8, 4) is 0 Å². The highest BCUT2D eigenvalue weighted by molar-refractivity contribution is 5.81. The van der Waals surface area contributed by atoms with Crippen molar-refractivity contribution in [2.45, 2.75) is 50.1 Å². The summed E-state index contributed by atoms with van der Waals surface area (Å²) in [5, 5.41) is 6.37. The summed E-state index contributed by atoms with van der Waals surface area (Å²) in [7, 11) is 0. The second-order valence-electron chi connectivity index (χ2n) is 6.79. The molecule has 2 N–H and O–H groups in total. The van der Waals surface area contributed by atoms with Crippen molar-refractivity contribution in [1.82, 2.24) is 10.6 Å². The molecule has 0 aromatic heterocycles.